The zero-order chi connectivity index (χ0) is 18.0. The van der Waals surface area contributed by atoms with Crippen LogP contribution in [0.4, 0.5) is 5.95 Å². The van der Waals surface area contributed by atoms with Crippen LogP contribution in [0.25, 0.3) is 22.4 Å². The van der Waals surface area contributed by atoms with E-state index in [1.54, 1.807) is 30.0 Å². The monoisotopic (exact) mass is 336 g/mol. The first-order valence-corrected chi connectivity index (χ1v) is 7.99. The summed E-state index contributed by atoms with van der Waals surface area (Å²) in [5.74, 6) is 0.965. The van der Waals surface area contributed by atoms with E-state index < -0.39 is 0 Å². The van der Waals surface area contributed by atoms with Crippen molar-refractivity contribution in [2.75, 3.05) is 12.8 Å². The Labute approximate surface area is 145 Å². The number of nitrogen functional groups attached to an aromatic ring is 1. The molecule has 0 saturated carbocycles. The van der Waals surface area contributed by atoms with Crippen LogP contribution >= 0.6 is 0 Å². The summed E-state index contributed by atoms with van der Waals surface area (Å²) in [5.41, 5.74) is 9.04. The van der Waals surface area contributed by atoms with Crippen molar-refractivity contribution in [3.05, 3.63) is 59.1 Å². The summed E-state index contributed by atoms with van der Waals surface area (Å²) in [6.07, 6.45) is 3.52. The molecule has 25 heavy (non-hydrogen) atoms. The average molecular weight is 336 g/mol. The number of hydrogen-bond donors (Lipinski definition) is 1. The Morgan fingerprint density at radius 3 is 2.40 bits per heavy atom. The van der Waals surface area contributed by atoms with Crippen molar-refractivity contribution in [2.24, 2.45) is 0 Å². The van der Waals surface area contributed by atoms with Gasteiger partial charge in [-0.1, -0.05) is 0 Å². The van der Waals surface area contributed by atoms with Gasteiger partial charge in [0, 0.05) is 41.2 Å². The lowest BCUT2D eigenvalue weighted by Gasteiger charge is -2.14. The molecule has 6 nitrogen and oxygen atoms in total. The molecule has 0 atom stereocenters. The zero-order valence-corrected chi connectivity index (χ0v) is 14.4. The van der Waals surface area contributed by atoms with Gasteiger partial charge in [0.2, 0.25) is 5.95 Å². The van der Waals surface area contributed by atoms with Crippen molar-refractivity contribution in [3.63, 3.8) is 0 Å². The van der Waals surface area contributed by atoms with Crippen molar-refractivity contribution in [1.29, 1.82) is 0 Å². The van der Waals surface area contributed by atoms with E-state index >= 15 is 0 Å². The van der Waals surface area contributed by atoms with E-state index in [1.165, 1.54) is 0 Å². The normalized spacial score (nSPS) is 10.9. The fraction of sp³-hybridized carbons (Fsp3) is 0.211. The number of aromatic nitrogens is 3. The van der Waals surface area contributed by atoms with Gasteiger partial charge in [0.05, 0.1) is 12.8 Å². The van der Waals surface area contributed by atoms with E-state index in [0.717, 1.165) is 22.4 Å². The molecular formula is C19H20N4O2. The predicted molar refractivity (Wildman–Crippen MR) is 98.5 cm³/mol. The van der Waals surface area contributed by atoms with Crippen molar-refractivity contribution >= 4 is 5.95 Å². The summed E-state index contributed by atoms with van der Waals surface area (Å²) in [6.45, 7) is 3.93. The summed E-state index contributed by atoms with van der Waals surface area (Å²) < 4.78 is 6.89. The number of nitrogens with zero attached hydrogens (tertiary/aromatic N) is 3. The quantitative estimate of drug-likeness (QED) is 0.791. The van der Waals surface area contributed by atoms with Gasteiger partial charge in [-0.3, -0.25) is 4.79 Å². The number of nitrogens with two attached hydrogens (primary N) is 1. The highest BCUT2D eigenvalue weighted by molar-refractivity contribution is 5.80. The van der Waals surface area contributed by atoms with E-state index in [1.807, 2.05) is 44.3 Å². The first kappa shape index (κ1) is 16.7. The summed E-state index contributed by atoms with van der Waals surface area (Å²) >= 11 is 0. The topological polar surface area (TPSA) is 83.0 Å². The van der Waals surface area contributed by atoms with E-state index in [0.29, 0.717) is 5.69 Å². The highest BCUT2D eigenvalue weighted by Crippen LogP contribution is 2.31. The van der Waals surface area contributed by atoms with Crippen LogP contribution in [0.5, 0.6) is 5.75 Å². The molecule has 0 unspecified atom stereocenters. The molecule has 1 aromatic carbocycles. The van der Waals surface area contributed by atoms with Gasteiger partial charge in [-0.15, -0.1) is 0 Å². The van der Waals surface area contributed by atoms with Gasteiger partial charge in [-0.05, 0) is 44.2 Å². The smallest absolute Gasteiger partial charge is 0.250 e. The molecule has 0 bridgehead atoms. The molecule has 128 valence electrons. The Balaban J connectivity index is 2.17. The number of benzene rings is 1. The molecule has 0 aliphatic rings. The molecule has 0 aliphatic carbocycles. The Morgan fingerprint density at radius 2 is 1.76 bits per heavy atom. The van der Waals surface area contributed by atoms with Gasteiger partial charge in [0.15, 0.2) is 0 Å². The largest absolute Gasteiger partial charge is 0.497 e. The second-order valence-electron chi connectivity index (χ2n) is 5.98. The minimum absolute atomic E-state index is 0.0406. The highest BCUT2D eigenvalue weighted by atomic mass is 16.5. The van der Waals surface area contributed by atoms with Crippen molar-refractivity contribution in [1.82, 2.24) is 14.5 Å². The summed E-state index contributed by atoms with van der Waals surface area (Å²) in [6, 6.07) is 11.0. The predicted octanol–water partition coefficient (Wildman–Crippen LogP) is 3.14. The molecular weight excluding hydrogens is 316 g/mol. The van der Waals surface area contributed by atoms with Crippen molar-refractivity contribution < 1.29 is 4.74 Å². The number of ether oxygens (including phenoxy) is 1. The second kappa shape index (κ2) is 6.76. The molecule has 0 spiro atoms. The van der Waals surface area contributed by atoms with Crippen LogP contribution in [0, 0.1) is 0 Å². The fourth-order valence-corrected chi connectivity index (χ4v) is 2.64. The van der Waals surface area contributed by atoms with E-state index in [4.69, 9.17) is 10.5 Å². The van der Waals surface area contributed by atoms with Gasteiger partial charge in [0.1, 0.15) is 5.75 Å². The molecule has 2 heterocycles. The third-order valence-electron chi connectivity index (χ3n) is 3.98. The lowest BCUT2D eigenvalue weighted by Crippen LogP contribution is -2.20. The van der Waals surface area contributed by atoms with Crippen LogP contribution in [-0.2, 0) is 0 Å². The van der Waals surface area contributed by atoms with E-state index in [9.17, 15) is 4.79 Å². The number of rotatable bonds is 4. The molecule has 0 fully saturated rings. The molecule has 0 amide bonds. The maximum atomic E-state index is 12.0. The molecule has 3 rings (SSSR count). The van der Waals surface area contributed by atoms with Crippen molar-refractivity contribution in [2.45, 2.75) is 19.9 Å². The van der Waals surface area contributed by atoms with Gasteiger partial charge in [-0.25, -0.2) is 9.97 Å². The SMILES string of the molecule is COc1ccc(-c2nc(N)ncc2-c2ccc(=O)n(C(C)C)c2)cc1. The summed E-state index contributed by atoms with van der Waals surface area (Å²) in [7, 11) is 1.62. The van der Waals surface area contributed by atoms with Crippen molar-refractivity contribution in [3.8, 4) is 28.1 Å². The molecule has 0 aliphatic heterocycles. The molecule has 0 saturated heterocycles. The maximum absolute atomic E-state index is 12.0. The Hall–Kier alpha value is -3.15. The first-order valence-electron chi connectivity index (χ1n) is 7.99. The molecule has 2 aromatic heterocycles. The first-order chi connectivity index (χ1) is 12.0. The van der Waals surface area contributed by atoms with Crippen LogP contribution in [0.15, 0.2) is 53.6 Å². The third kappa shape index (κ3) is 3.38. The number of hydrogen-bond acceptors (Lipinski definition) is 5. The minimum Gasteiger partial charge on any atom is -0.497 e. The van der Waals surface area contributed by atoms with Crippen LogP contribution < -0.4 is 16.0 Å². The van der Waals surface area contributed by atoms with Crippen LogP contribution in [-0.4, -0.2) is 21.6 Å². The molecule has 6 heteroatoms. The fourth-order valence-electron chi connectivity index (χ4n) is 2.64. The molecule has 3 aromatic rings. The highest BCUT2D eigenvalue weighted by Gasteiger charge is 2.13. The molecule has 2 N–H and O–H groups in total. The van der Waals surface area contributed by atoms with Gasteiger partial charge < -0.3 is 15.0 Å². The van der Waals surface area contributed by atoms with Gasteiger partial charge in [-0.2, -0.15) is 0 Å². The summed E-state index contributed by atoms with van der Waals surface area (Å²) in [5, 5.41) is 0. The lowest BCUT2D eigenvalue weighted by molar-refractivity contribution is 0.415. The number of methoxy groups -OCH3 is 1. The second-order valence-corrected chi connectivity index (χ2v) is 5.98. The molecule has 0 radical (unpaired) electrons. The standard InChI is InChI=1S/C19H20N4O2/c1-12(2)23-11-14(6-9-17(23)24)16-10-21-19(20)22-18(16)13-4-7-15(25-3)8-5-13/h4-12H,1-3H3,(H2,20,21,22). The van der Waals surface area contributed by atoms with Crippen LogP contribution in [0.1, 0.15) is 19.9 Å². The zero-order valence-electron chi connectivity index (χ0n) is 14.4. The van der Waals surface area contributed by atoms with Crippen LogP contribution in [0.3, 0.4) is 0 Å². The Bertz CT molecular complexity index is 946. The summed E-state index contributed by atoms with van der Waals surface area (Å²) in [4.78, 5) is 20.6. The Kier molecular flexibility index (Phi) is 4.52. The minimum atomic E-state index is -0.0406. The maximum Gasteiger partial charge on any atom is 0.250 e. The van der Waals surface area contributed by atoms with E-state index in [2.05, 4.69) is 9.97 Å². The van der Waals surface area contributed by atoms with Gasteiger partial charge >= 0.3 is 0 Å². The number of pyridine rings is 1. The van der Waals surface area contributed by atoms with Crippen LogP contribution in [0.2, 0.25) is 0 Å². The van der Waals surface area contributed by atoms with Gasteiger partial charge in [0.25, 0.3) is 5.56 Å². The van der Waals surface area contributed by atoms with E-state index in [-0.39, 0.29) is 17.5 Å². The lowest BCUT2D eigenvalue weighted by atomic mass is 10.0. The number of anilines is 1. The Morgan fingerprint density at radius 1 is 1.08 bits per heavy atom. The third-order valence-corrected chi connectivity index (χ3v) is 3.98. The average Bonchev–Trinajstić information content (AvgIpc) is 2.62.